The number of carboxylic acids is 1. The van der Waals surface area contributed by atoms with Crippen molar-refractivity contribution < 1.29 is 23.8 Å². The lowest BCUT2D eigenvalue weighted by atomic mass is 10.2. The number of rotatable bonds is 12. The predicted molar refractivity (Wildman–Crippen MR) is 146 cm³/mol. The van der Waals surface area contributed by atoms with Gasteiger partial charge < -0.3 is 15.2 Å². The van der Waals surface area contributed by atoms with Gasteiger partial charge in [0.1, 0.15) is 0 Å². The summed E-state index contributed by atoms with van der Waals surface area (Å²) in [5.41, 5.74) is -0.0568. The Kier molecular flexibility index (Phi) is 10.5. The Bertz CT molecular complexity index is 1010. The highest BCUT2D eigenvalue weighted by Crippen LogP contribution is 2.39. The normalized spacial score (nSPS) is 12.0. The Labute approximate surface area is 219 Å². The molecule has 1 heterocycles. The lowest BCUT2D eigenvalue weighted by molar-refractivity contribution is -0.116. The summed E-state index contributed by atoms with van der Waals surface area (Å²) in [6.07, 6.45) is 3.10. The molecule has 0 saturated heterocycles. The van der Waals surface area contributed by atoms with Crippen molar-refractivity contribution in [3.8, 4) is 5.75 Å². The van der Waals surface area contributed by atoms with Crippen LogP contribution >= 0.6 is 33.9 Å². The number of carbonyl (C=O) groups is 2. The molecule has 188 valence electrons. The smallest absolute Gasteiger partial charge is 0.355 e. The number of carboxylic acid groups (broad SMARTS) is 1. The van der Waals surface area contributed by atoms with Gasteiger partial charge in [-0.3, -0.25) is 4.79 Å². The molecule has 2 aromatic rings. The topological polar surface area (TPSA) is 88.5 Å². The van der Waals surface area contributed by atoms with Crippen LogP contribution in [-0.2, 0) is 11.2 Å². The molecule has 2 N–H and O–H groups in total. The van der Waals surface area contributed by atoms with Crippen LogP contribution in [0.15, 0.2) is 18.2 Å². The molecular formula is C24H34FIN2O4SSi. The van der Waals surface area contributed by atoms with Gasteiger partial charge in [-0.05, 0) is 65.1 Å². The van der Waals surface area contributed by atoms with E-state index in [1.807, 2.05) is 22.6 Å². The van der Waals surface area contributed by atoms with E-state index in [-0.39, 0.29) is 24.0 Å². The van der Waals surface area contributed by atoms with Crippen molar-refractivity contribution >= 4 is 59.0 Å². The van der Waals surface area contributed by atoms with E-state index in [0.717, 1.165) is 16.4 Å². The van der Waals surface area contributed by atoms with E-state index in [1.54, 1.807) is 12.1 Å². The van der Waals surface area contributed by atoms with Crippen LogP contribution in [0, 0.1) is 9.39 Å². The second-order valence-electron chi connectivity index (χ2n) is 10.0. The first-order chi connectivity index (χ1) is 15.8. The van der Waals surface area contributed by atoms with Gasteiger partial charge in [0.15, 0.2) is 22.4 Å². The average Bonchev–Trinajstić information content (AvgIpc) is 3.12. The molecule has 34 heavy (non-hydrogen) atoms. The van der Waals surface area contributed by atoms with Crippen LogP contribution in [0.25, 0.3) is 0 Å². The number of amides is 1. The number of aryl methyl sites for hydroxylation is 1. The van der Waals surface area contributed by atoms with Gasteiger partial charge in [0.05, 0.1) is 14.7 Å². The van der Waals surface area contributed by atoms with Crippen molar-refractivity contribution in [2.75, 3.05) is 11.9 Å². The zero-order valence-corrected chi connectivity index (χ0v) is 24.4. The van der Waals surface area contributed by atoms with Crippen LogP contribution < -0.4 is 10.1 Å². The zero-order valence-electron chi connectivity index (χ0n) is 20.5. The molecule has 0 fully saturated rings. The number of nitrogens with zero attached hydrogens (tertiary/aromatic N) is 1. The molecule has 0 radical (unpaired) electrons. The summed E-state index contributed by atoms with van der Waals surface area (Å²) in [5, 5.41) is 12.9. The molecule has 1 aromatic heterocycles. The number of hydrogen-bond acceptors (Lipinski definition) is 5. The van der Waals surface area contributed by atoms with Crippen molar-refractivity contribution in [3.05, 3.63) is 38.2 Å². The lowest BCUT2D eigenvalue weighted by Gasteiger charge is -2.37. The van der Waals surface area contributed by atoms with Gasteiger partial charge in [0, 0.05) is 14.9 Å². The fourth-order valence-corrected chi connectivity index (χ4v) is 6.51. The minimum atomic E-state index is -1.35. The highest BCUT2D eigenvalue weighted by Gasteiger charge is 2.34. The molecule has 2 rings (SSSR count). The van der Waals surface area contributed by atoms with Gasteiger partial charge in [0.2, 0.25) is 5.91 Å². The van der Waals surface area contributed by atoms with Gasteiger partial charge in [-0.2, -0.15) is 0 Å². The van der Waals surface area contributed by atoms with Gasteiger partial charge in [-0.1, -0.05) is 46.3 Å². The van der Waals surface area contributed by atoms with Crippen LogP contribution in [0.1, 0.15) is 61.8 Å². The van der Waals surface area contributed by atoms with Crippen molar-refractivity contribution in [1.82, 2.24) is 4.98 Å². The Morgan fingerprint density at radius 1 is 1.24 bits per heavy atom. The molecule has 0 aliphatic carbocycles. The third-order valence-electron chi connectivity index (χ3n) is 6.33. The summed E-state index contributed by atoms with van der Waals surface area (Å²) in [5.74, 6) is -1.54. The number of carbonyl (C=O) groups excluding carboxylic acids is 1. The summed E-state index contributed by atoms with van der Waals surface area (Å²) in [6, 6.07) is 5.89. The van der Waals surface area contributed by atoms with Crippen LogP contribution in [0.3, 0.4) is 0 Å². The second-order valence-corrected chi connectivity index (χ2v) is 18.1. The predicted octanol–water partition coefficient (Wildman–Crippen LogP) is 7.21. The maximum Gasteiger partial charge on any atom is 0.355 e. The van der Waals surface area contributed by atoms with Crippen LogP contribution in [-0.4, -0.2) is 36.6 Å². The van der Waals surface area contributed by atoms with Gasteiger partial charge >= 0.3 is 5.97 Å². The van der Waals surface area contributed by atoms with Gasteiger partial charge in [0.25, 0.3) is 0 Å². The Balaban J connectivity index is 1.84. The molecule has 0 bridgehead atoms. The number of aromatic carboxylic acids is 1. The van der Waals surface area contributed by atoms with Crippen LogP contribution in [0.4, 0.5) is 9.52 Å². The van der Waals surface area contributed by atoms with Crippen LogP contribution in [0.5, 0.6) is 5.75 Å². The number of ether oxygens (including phenoxy) is 1. The monoisotopic (exact) mass is 620 g/mol. The largest absolute Gasteiger partial charge is 0.491 e. The molecule has 1 aromatic carbocycles. The highest BCUT2D eigenvalue weighted by molar-refractivity contribution is 14.1. The van der Waals surface area contributed by atoms with E-state index in [9.17, 15) is 19.1 Å². The number of benzene rings is 1. The minimum absolute atomic E-state index is 0.0568. The standard InChI is InChI=1S/C24H34FIN2O4SSi/c1-24(2,3)34(4,5)14-7-6-10-20(29)27-23-28-21(22(30)31)19(33-23)9-8-13-32-18-12-11-16(26)15-17(18)25/h11-12,15H,6-10,13-14H2,1-5H3,(H,30,31)(H,27,28,29). The van der Waals surface area contributed by atoms with E-state index >= 15 is 0 Å². The zero-order chi connectivity index (χ0) is 25.5. The van der Waals surface area contributed by atoms with Gasteiger partial charge in [-0.15, -0.1) is 11.3 Å². The third kappa shape index (κ3) is 8.60. The van der Waals surface area contributed by atoms with Gasteiger partial charge in [-0.25, -0.2) is 14.2 Å². The summed E-state index contributed by atoms with van der Waals surface area (Å²) in [4.78, 5) is 28.6. The first kappa shape index (κ1) is 28.7. The first-order valence-electron chi connectivity index (χ1n) is 11.4. The van der Waals surface area contributed by atoms with E-state index in [1.165, 1.54) is 23.4 Å². The maximum atomic E-state index is 13.9. The second kappa shape index (κ2) is 12.4. The number of unbranched alkanes of at least 4 members (excludes halogenated alkanes) is 1. The molecule has 1 amide bonds. The molecule has 0 unspecified atom stereocenters. The lowest BCUT2D eigenvalue weighted by Crippen LogP contribution is -2.36. The molecule has 10 heteroatoms. The van der Waals surface area contributed by atoms with E-state index < -0.39 is 19.9 Å². The Morgan fingerprint density at radius 2 is 1.94 bits per heavy atom. The number of nitrogens with one attached hydrogen (secondary N) is 1. The number of hydrogen-bond donors (Lipinski definition) is 2. The van der Waals surface area contributed by atoms with Crippen molar-refractivity contribution in [1.29, 1.82) is 0 Å². The number of anilines is 1. The molecule has 0 aliphatic rings. The fourth-order valence-electron chi connectivity index (χ4n) is 3.16. The summed E-state index contributed by atoms with van der Waals surface area (Å²) < 4.78 is 20.1. The molecule has 0 aliphatic heterocycles. The first-order valence-corrected chi connectivity index (χ1v) is 16.5. The van der Waals surface area contributed by atoms with Crippen molar-refractivity contribution in [2.45, 2.75) is 77.1 Å². The number of halogens is 2. The number of thiazole rings is 1. The van der Waals surface area contributed by atoms with Crippen LogP contribution in [0.2, 0.25) is 24.2 Å². The maximum absolute atomic E-state index is 13.9. The number of aromatic nitrogens is 1. The highest BCUT2D eigenvalue weighted by atomic mass is 127. The summed E-state index contributed by atoms with van der Waals surface area (Å²) >= 11 is 3.19. The Hall–Kier alpha value is -1.53. The quantitative estimate of drug-likeness (QED) is 0.149. The summed E-state index contributed by atoms with van der Waals surface area (Å²) in [7, 11) is -1.35. The molecule has 0 atom stereocenters. The molecular weight excluding hydrogens is 586 g/mol. The van der Waals surface area contributed by atoms with Crippen molar-refractivity contribution in [2.24, 2.45) is 0 Å². The fraction of sp³-hybridized carbons (Fsp3) is 0.542. The molecule has 0 saturated carbocycles. The van der Waals surface area contributed by atoms with E-state index in [4.69, 9.17) is 4.74 Å². The minimum Gasteiger partial charge on any atom is -0.491 e. The summed E-state index contributed by atoms with van der Waals surface area (Å²) in [6.45, 7) is 11.9. The molecule has 6 nitrogen and oxygen atoms in total. The average molecular weight is 621 g/mol. The van der Waals surface area contributed by atoms with E-state index in [2.05, 4.69) is 44.2 Å². The van der Waals surface area contributed by atoms with E-state index in [0.29, 0.717) is 34.3 Å². The molecule has 0 spiro atoms. The third-order valence-corrected chi connectivity index (χ3v) is 13.7. The Morgan fingerprint density at radius 3 is 2.56 bits per heavy atom. The van der Waals surface area contributed by atoms with Crippen molar-refractivity contribution in [3.63, 3.8) is 0 Å². The SMILES string of the molecule is CC(C)(C)[Si](C)(C)CCCCC(=O)Nc1nc(C(=O)O)c(CCCOc2ccc(I)cc2F)s1.